The van der Waals surface area contributed by atoms with E-state index < -0.39 is 30.2 Å². The monoisotopic (exact) mass is 683 g/mol. The maximum Gasteiger partial charge on any atom is 0.244 e. The lowest BCUT2D eigenvalue weighted by Gasteiger charge is -2.29. The number of nitrogens with one attached hydrogen (secondary N) is 2. The lowest BCUT2D eigenvalue weighted by molar-refractivity contribution is -0.127. The van der Waals surface area contributed by atoms with Crippen molar-refractivity contribution in [3.05, 3.63) is 113 Å². The summed E-state index contributed by atoms with van der Waals surface area (Å²) in [4.78, 5) is 29.5. The smallest absolute Gasteiger partial charge is 0.244 e. The van der Waals surface area contributed by atoms with Crippen LogP contribution in [0.1, 0.15) is 41.1 Å². The van der Waals surface area contributed by atoms with Crippen molar-refractivity contribution in [1.29, 1.82) is 0 Å². The number of hydrogen-bond donors (Lipinski definition) is 4. The minimum atomic E-state index is -1.03. The lowest BCUT2D eigenvalue weighted by Crippen LogP contribution is -2.47. The van der Waals surface area contributed by atoms with Gasteiger partial charge in [-0.1, -0.05) is 66.7 Å². The Kier molecular flexibility index (Phi) is 12.7. The van der Waals surface area contributed by atoms with E-state index >= 15 is 0 Å². The molecule has 3 unspecified atom stereocenters. The highest BCUT2D eigenvalue weighted by Crippen LogP contribution is 2.32. The van der Waals surface area contributed by atoms with Gasteiger partial charge in [-0.15, -0.1) is 0 Å². The summed E-state index contributed by atoms with van der Waals surface area (Å²) >= 11 is 0. The van der Waals surface area contributed by atoms with Gasteiger partial charge in [0.25, 0.3) is 0 Å². The zero-order valence-electron chi connectivity index (χ0n) is 28.5. The van der Waals surface area contributed by atoms with Gasteiger partial charge in [-0.25, -0.2) is 0 Å². The van der Waals surface area contributed by atoms with Gasteiger partial charge in [-0.05, 0) is 65.6 Å². The Labute approximate surface area is 294 Å². The summed E-state index contributed by atoms with van der Waals surface area (Å²) in [7, 11) is 0. The van der Waals surface area contributed by atoms with Crippen LogP contribution in [0.3, 0.4) is 0 Å². The zero-order chi connectivity index (χ0) is 34.7. The number of benzene rings is 3. The molecular formula is C40H49N3O7. The number of amides is 2. The van der Waals surface area contributed by atoms with Crippen LogP contribution in [-0.4, -0.2) is 97.8 Å². The molecule has 5 atom stereocenters. The van der Waals surface area contributed by atoms with Crippen molar-refractivity contribution in [2.75, 3.05) is 52.7 Å². The molecule has 2 saturated heterocycles. The number of ether oxygens (including phenoxy) is 3. The van der Waals surface area contributed by atoms with Crippen LogP contribution in [0.25, 0.3) is 0 Å². The van der Waals surface area contributed by atoms with Crippen molar-refractivity contribution in [1.82, 2.24) is 15.5 Å². The van der Waals surface area contributed by atoms with E-state index in [4.69, 9.17) is 14.2 Å². The minimum absolute atomic E-state index is 0.103. The predicted molar refractivity (Wildman–Crippen MR) is 190 cm³/mol. The molecule has 0 aromatic heterocycles. The standard InChI is InChI=1S/C40H49N3O7/c44-36(35(23-28-6-2-1-3-7-28)41-38(46)24-30-14-18-49-27-30)26-32(40(47)42-39-34-9-5-4-8-31(34)25-37(39)45)22-29-10-12-33(13-11-29)50-21-17-43-15-19-48-20-16-43/h1-13,24,32,35-37,39,44-45H,14-23,25-27H2,(H,41,46)(H,42,47)/t32?,35?,36?,37-,39-/m0/s1. The number of rotatable bonds is 15. The number of carbonyl (C=O) groups excluding carboxylic acids is 2. The molecule has 10 nitrogen and oxygen atoms in total. The molecule has 2 aliphatic heterocycles. The maximum atomic E-state index is 14.1. The number of hydrogen-bond acceptors (Lipinski definition) is 8. The Bertz CT molecular complexity index is 1570. The normalized spacial score (nSPS) is 21.7. The average Bonchev–Trinajstić information content (AvgIpc) is 3.76. The van der Waals surface area contributed by atoms with Crippen LogP contribution in [0.15, 0.2) is 90.5 Å². The molecule has 3 aliphatic rings. The highest BCUT2D eigenvalue weighted by molar-refractivity contribution is 5.88. The average molecular weight is 684 g/mol. The molecule has 3 aromatic rings. The first kappa shape index (κ1) is 35.8. The number of aliphatic hydroxyl groups excluding tert-OH is 2. The number of aliphatic hydroxyl groups is 2. The second-order valence-electron chi connectivity index (χ2n) is 13.5. The summed E-state index contributed by atoms with van der Waals surface area (Å²) in [5.41, 5.74) is 4.71. The van der Waals surface area contributed by atoms with Gasteiger partial charge < -0.3 is 35.1 Å². The van der Waals surface area contributed by atoms with E-state index in [1.807, 2.05) is 78.9 Å². The number of nitrogens with zero attached hydrogens (tertiary/aromatic N) is 1. The van der Waals surface area contributed by atoms with E-state index in [1.54, 1.807) is 6.08 Å². The van der Waals surface area contributed by atoms with Crippen molar-refractivity contribution >= 4 is 11.8 Å². The summed E-state index contributed by atoms with van der Waals surface area (Å²) in [5.74, 6) is -0.442. The maximum absolute atomic E-state index is 14.1. The van der Waals surface area contributed by atoms with Gasteiger partial charge in [0.2, 0.25) is 11.8 Å². The van der Waals surface area contributed by atoms with Crippen molar-refractivity contribution in [3.63, 3.8) is 0 Å². The van der Waals surface area contributed by atoms with E-state index in [9.17, 15) is 19.8 Å². The van der Waals surface area contributed by atoms with E-state index in [0.29, 0.717) is 45.5 Å². The Morgan fingerprint density at radius 1 is 0.920 bits per heavy atom. The SMILES string of the molecule is O=C(C=C1CCOC1)NC(Cc1ccccc1)C(O)CC(Cc1ccc(OCCN2CCOCC2)cc1)C(=O)N[C@H]1c2ccccc2C[C@@H]1O. The van der Waals surface area contributed by atoms with Crippen molar-refractivity contribution in [2.24, 2.45) is 5.92 Å². The summed E-state index contributed by atoms with van der Waals surface area (Å²) in [6.07, 6.45) is 1.81. The molecule has 0 saturated carbocycles. The molecule has 10 heteroatoms. The summed E-state index contributed by atoms with van der Waals surface area (Å²) in [6, 6.07) is 24.0. The first-order valence-corrected chi connectivity index (χ1v) is 17.8. The fraction of sp³-hybridized carbons (Fsp3) is 0.450. The third kappa shape index (κ3) is 10.0. The molecule has 50 heavy (non-hydrogen) atoms. The molecule has 266 valence electrons. The van der Waals surface area contributed by atoms with Crippen LogP contribution in [0.2, 0.25) is 0 Å². The first-order chi connectivity index (χ1) is 24.4. The predicted octanol–water partition coefficient (Wildman–Crippen LogP) is 3.16. The van der Waals surface area contributed by atoms with Crippen LogP contribution < -0.4 is 15.4 Å². The van der Waals surface area contributed by atoms with Gasteiger partial charge in [0.05, 0.1) is 50.7 Å². The van der Waals surface area contributed by atoms with Gasteiger partial charge >= 0.3 is 0 Å². The van der Waals surface area contributed by atoms with Gasteiger partial charge in [-0.3, -0.25) is 14.5 Å². The fourth-order valence-corrected chi connectivity index (χ4v) is 7.04. The van der Waals surface area contributed by atoms with Gasteiger partial charge in [0.1, 0.15) is 12.4 Å². The Morgan fingerprint density at radius 3 is 2.42 bits per heavy atom. The van der Waals surface area contributed by atoms with E-state index in [-0.39, 0.29) is 18.2 Å². The van der Waals surface area contributed by atoms with Crippen LogP contribution in [-0.2, 0) is 38.3 Å². The second-order valence-corrected chi connectivity index (χ2v) is 13.5. The Morgan fingerprint density at radius 2 is 1.66 bits per heavy atom. The van der Waals surface area contributed by atoms with Gasteiger partial charge in [0, 0.05) is 38.0 Å². The Balaban J connectivity index is 1.17. The highest BCUT2D eigenvalue weighted by atomic mass is 16.5. The molecule has 0 bridgehead atoms. The first-order valence-electron chi connectivity index (χ1n) is 17.8. The molecule has 2 amide bonds. The minimum Gasteiger partial charge on any atom is -0.492 e. The summed E-state index contributed by atoms with van der Waals surface area (Å²) < 4.78 is 16.8. The third-order valence-electron chi connectivity index (χ3n) is 9.86. The topological polar surface area (TPSA) is 130 Å². The molecule has 1 aliphatic carbocycles. The number of carbonyl (C=O) groups is 2. The molecule has 2 fully saturated rings. The summed E-state index contributed by atoms with van der Waals surface area (Å²) in [6.45, 7) is 5.72. The van der Waals surface area contributed by atoms with Crippen molar-refractivity contribution in [2.45, 2.75) is 56.4 Å². The quantitative estimate of drug-likeness (QED) is 0.180. The van der Waals surface area contributed by atoms with E-state index in [1.165, 1.54) is 0 Å². The van der Waals surface area contributed by atoms with Gasteiger partial charge in [0.15, 0.2) is 0 Å². The highest BCUT2D eigenvalue weighted by Gasteiger charge is 2.35. The van der Waals surface area contributed by atoms with Crippen molar-refractivity contribution < 1.29 is 34.0 Å². The second kappa shape index (κ2) is 17.7. The molecular weight excluding hydrogens is 634 g/mol. The number of fused-ring (bicyclic) bond motifs is 1. The van der Waals surface area contributed by atoms with E-state index in [2.05, 4.69) is 15.5 Å². The van der Waals surface area contributed by atoms with Crippen molar-refractivity contribution in [3.8, 4) is 5.75 Å². The fourth-order valence-electron chi connectivity index (χ4n) is 7.04. The molecule has 0 radical (unpaired) electrons. The molecule has 6 rings (SSSR count). The van der Waals surface area contributed by atoms with Crippen LogP contribution >= 0.6 is 0 Å². The zero-order valence-corrected chi connectivity index (χ0v) is 28.5. The molecule has 3 aromatic carbocycles. The van der Waals surface area contributed by atoms with Crippen LogP contribution in [0.5, 0.6) is 5.75 Å². The molecule has 2 heterocycles. The summed E-state index contributed by atoms with van der Waals surface area (Å²) in [5, 5.41) is 28.8. The largest absolute Gasteiger partial charge is 0.492 e. The van der Waals surface area contributed by atoms with Gasteiger partial charge in [-0.2, -0.15) is 0 Å². The van der Waals surface area contributed by atoms with Crippen LogP contribution in [0.4, 0.5) is 0 Å². The molecule has 4 N–H and O–H groups in total. The van der Waals surface area contributed by atoms with Crippen LogP contribution in [0, 0.1) is 5.92 Å². The molecule has 0 spiro atoms. The Hall–Kier alpha value is -4.06. The number of morpholine rings is 1. The lowest BCUT2D eigenvalue weighted by atomic mass is 9.88. The van der Waals surface area contributed by atoms with E-state index in [0.717, 1.165) is 66.4 Å². The third-order valence-corrected chi connectivity index (χ3v) is 9.86.